The summed E-state index contributed by atoms with van der Waals surface area (Å²) in [6, 6.07) is 6.46. The molecule has 0 aromatic heterocycles. The fourth-order valence-electron chi connectivity index (χ4n) is 2.59. The summed E-state index contributed by atoms with van der Waals surface area (Å²) in [5, 5.41) is 8.58. The zero-order valence-corrected chi connectivity index (χ0v) is 13.9. The second-order valence-electron chi connectivity index (χ2n) is 5.88. The molecule has 1 aliphatic heterocycles. The molecule has 1 fully saturated rings. The van der Waals surface area contributed by atoms with Gasteiger partial charge in [0, 0.05) is 11.2 Å². The first kappa shape index (κ1) is 16.9. The number of rotatable bonds is 3. The molecule has 2 rings (SSSR count). The average molecular weight is 325 g/mol. The number of likely N-dealkylation sites (N-methyl/N-ethyl adjacent to an activating group) is 1. The summed E-state index contributed by atoms with van der Waals surface area (Å²) in [5.41, 5.74) is 0.269. The summed E-state index contributed by atoms with van der Waals surface area (Å²) in [5.74, 6) is 0. The topological polar surface area (TPSA) is 65.7 Å². The lowest BCUT2D eigenvalue weighted by molar-refractivity contribution is -0.0684. The lowest BCUT2D eigenvalue weighted by Crippen LogP contribution is -2.41. The standard InChI is InChI=1S/C15H20FN3O2S/c1-15(2)19(3)13(9-16)14(21-15)11-5-7-12(8-6-11)22(4,20)18-10-17/h5-8,13-14H,9H2,1-4H3/t13-,14-,22?/m1/s1. The Morgan fingerprint density at radius 1 is 1.45 bits per heavy atom. The van der Waals surface area contributed by atoms with Crippen LogP contribution in [0.25, 0.3) is 0 Å². The van der Waals surface area contributed by atoms with Gasteiger partial charge in [-0.3, -0.25) is 4.90 Å². The molecule has 0 spiro atoms. The highest BCUT2D eigenvalue weighted by Gasteiger charge is 2.45. The molecule has 22 heavy (non-hydrogen) atoms. The smallest absolute Gasteiger partial charge is 0.214 e. The van der Waals surface area contributed by atoms with Crippen molar-refractivity contribution in [1.82, 2.24) is 4.90 Å². The molecule has 5 nitrogen and oxygen atoms in total. The minimum absolute atomic E-state index is 0.365. The Morgan fingerprint density at radius 3 is 2.55 bits per heavy atom. The summed E-state index contributed by atoms with van der Waals surface area (Å²) in [6.07, 6.45) is 2.60. The molecule has 0 amide bonds. The third-order valence-corrected chi connectivity index (χ3v) is 5.71. The molecule has 0 aliphatic carbocycles. The van der Waals surface area contributed by atoms with Gasteiger partial charge in [-0.15, -0.1) is 4.36 Å². The van der Waals surface area contributed by atoms with E-state index in [1.165, 1.54) is 6.26 Å². The van der Waals surface area contributed by atoms with Crippen LogP contribution in [0.3, 0.4) is 0 Å². The number of hydrogen-bond acceptors (Lipinski definition) is 5. The summed E-state index contributed by atoms with van der Waals surface area (Å²) < 4.78 is 35.0. The third kappa shape index (κ3) is 3.00. The van der Waals surface area contributed by atoms with Crippen LogP contribution in [0.4, 0.5) is 4.39 Å². The van der Waals surface area contributed by atoms with E-state index in [1.54, 1.807) is 30.5 Å². The van der Waals surface area contributed by atoms with E-state index in [0.717, 1.165) is 5.56 Å². The minimum Gasteiger partial charge on any atom is -0.351 e. The molecule has 0 bridgehead atoms. The Kier molecular flexibility index (Phi) is 4.57. The van der Waals surface area contributed by atoms with Gasteiger partial charge in [-0.2, -0.15) is 5.26 Å². The molecule has 120 valence electrons. The lowest BCUT2D eigenvalue weighted by atomic mass is 10.0. The molecule has 1 saturated heterocycles. The van der Waals surface area contributed by atoms with Crippen LogP contribution < -0.4 is 0 Å². The second kappa shape index (κ2) is 5.95. The Hall–Kier alpha value is -1.49. The number of ether oxygens (including phenoxy) is 1. The van der Waals surface area contributed by atoms with Crippen molar-refractivity contribution in [2.24, 2.45) is 4.36 Å². The zero-order valence-electron chi connectivity index (χ0n) is 13.1. The van der Waals surface area contributed by atoms with Crippen molar-refractivity contribution in [3.8, 4) is 6.19 Å². The van der Waals surface area contributed by atoms with Gasteiger partial charge in [0.1, 0.15) is 18.5 Å². The van der Waals surface area contributed by atoms with Gasteiger partial charge < -0.3 is 4.74 Å². The van der Waals surface area contributed by atoms with Gasteiger partial charge in [0.05, 0.1) is 15.8 Å². The molecule has 7 heteroatoms. The fourth-order valence-corrected chi connectivity index (χ4v) is 3.49. The van der Waals surface area contributed by atoms with Crippen LogP contribution >= 0.6 is 0 Å². The predicted octanol–water partition coefficient (Wildman–Crippen LogP) is 2.70. The highest BCUT2D eigenvalue weighted by atomic mass is 32.2. The second-order valence-corrected chi connectivity index (χ2v) is 8.14. The summed E-state index contributed by atoms with van der Waals surface area (Å²) >= 11 is 0. The minimum atomic E-state index is -2.71. The monoisotopic (exact) mass is 325 g/mol. The Balaban J connectivity index is 2.34. The predicted molar refractivity (Wildman–Crippen MR) is 82.2 cm³/mol. The molecule has 1 unspecified atom stereocenters. The average Bonchev–Trinajstić information content (AvgIpc) is 2.69. The molecule has 1 heterocycles. The highest BCUT2D eigenvalue weighted by molar-refractivity contribution is 7.93. The summed E-state index contributed by atoms with van der Waals surface area (Å²) in [7, 11) is -0.878. The van der Waals surface area contributed by atoms with E-state index < -0.39 is 22.1 Å². The first-order valence-corrected chi connectivity index (χ1v) is 8.82. The first-order chi connectivity index (χ1) is 10.2. The van der Waals surface area contributed by atoms with Crippen molar-refractivity contribution in [2.45, 2.75) is 36.6 Å². The number of alkyl halides is 1. The van der Waals surface area contributed by atoms with Gasteiger partial charge >= 0.3 is 0 Å². The molecule has 0 saturated carbocycles. The summed E-state index contributed by atoms with van der Waals surface area (Å²) in [6.45, 7) is 3.28. The normalized spacial score (nSPS) is 27.1. The Labute approximate surface area is 130 Å². The van der Waals surface area contributed by atoms with Crippen LogP contribution in [0.5, 0.6) is 0 Å². The van der Waals surface area contributed by atoms with E-state index in [-0.39, 0.29) is 12.1 Å². The maximum Gasteiger partial charge on any atom is 0.214 e. The van der Waals surface area contributed by atoms with Crippen LogP contribution in [0.15, 0.2) is 33.5 Å². The van der Waals surface area contributed by atoms with E-state index in [1.807, 2.05) is 25.8 Å². The van der Waals surface area contributed by atoms with E-state index in [0.29, 0.717) is 4.90 Å². The zero-order chi connectivity index (χ0) is 16.5. The van der Waals surface area contributed by atoms with Crippen molar-refractivity contribution in [3.05, 3.63) is 29.8 Å². The van der Waals surface area contributed by atoms with Gasteiger partial charge in [0.15, 0.2) is 0 Å². The third-order valence-electron chi connectivity index (χ3n) is 4.13. The van der Waals surface area contributed by atoms with E-state index in [4.69, 9.17) is 10.00 Å². The largest absolute Gasteiger partial charge is 0.351 e. The molecular formula is C15H20FN3O2S. The van der Waals surface area contributed by atoms with Gasteiger partial charge in [-0.25, -0.2) is 8.60 Å². The number of nitrogens with zero attached hydrogens (tertiary/aromatic N) is 3. The van der Waals surface area contributed by atoms with Crippen LogP contribution in [0.2, 0.25) is 0 Å². The molecule has 1 aromatic carbocycles. The number of halogens is 1. The first-order valence-electron chi connectivity index (χ1n) is 6.90. The van der Waals surface area contributed by atoms with Crippen molar-refractivity contribution in [2.75, 3.05) is 20.0 Å². The summed E-state index contributed by atoms with van der Waals surface area (Å²) in [4.78, 5) is 2.35. The SMILES string of the molecule is CN1[C@H](CF)[C@@H](c2ccc(S(C)(=O)=NC#N)cc2)OC1(C)C. The lowest BCUT2D eigenvalue weighted by Gasteiger charge is -2.28. The van der Waals surface area contributed by atoms with E-state index in [2.05, 4.69) is 4.36 Å². The number of hydrogen-bond donors (Lipinski definition) is 0. The number of nitriles is 1. The maximum atomic E-state index is 13.4. The Morgan fingerprint density at radius 2 is 2.05 bits per heavy atom. The van der Waals surface area contributed by atoms with Gasteiger partial charge in [0.25, 0.3) is 0 Å². The molecule has 0 N–H and O–H groups in total. The van der Waals surface area contributed by atoms with E-state index >= 15 is 0 Å². The van der Waals surface area contributed by atoms with Crippen molar-refractivity contribution >= 4 is 9.73 Å². The fraction of sp³-hybridized carbons (Fsp3) is 0.533. The van der Waals surface area contributed by atoms with Crippen LogP contribution in [-0.2, 0) is 14.5 Å². The van der Waals surface area contributed by atoms with Crippen molar-refractivity contribution < 1.29 is 13.3 Å². The van der Waals surface area contributed by atoms with Gasteiger partial charge in [-0.1, -0.05) is 12.1 Å². The maximum absolute atomic E-state index is 13.4. The number of benzene rings is 1. The van der Waals surface area contributed by atoms with Crippen molar-refractivity contribution in [1.29, 1.82) is 5.26 Å². The van der Waals surface area contributed by atoms with Gasteiger partial charge in [0.2, 0.25) is 6.19 Å². The molecule has 1 aliphatic rings. The molecule has 3 atom stereocenters. The highest BCUT2D eigenvalue weighted by Crippen LogP contribution is 2.40. The van der Waals surface area contributed by atoms with Crippen LogP contribution in [0, 0.1) is 11.5 Å². The molecule has 1 aromatic rings. The quantitative estimate of drug-likeness (QED) is 0.802. The Bertz CT molecular complexity index is 702. The molecule has 0 radical (unpaired) electrons. The van der Waals surface area contributed by atoms with Crippen LogP contribution in [-0.4, -0.2) is 40.9 Å². The van der Waals surface area contributed by atoms with Crippen LogP contribution in [0.1, 0.15) is 25.5 Å². The molecular weight excluding hydrogens is 305 g/mol. The van der Waals surface area contributed by atoms with E-state index in [9.17, 15) is 8.60 Å². The van der Waals surface area contributed by atoms with Gasteiger partial charge in [-0.05, 0) is 38.6 Å². The van der Waals surface area contributed by atoms with Crippen molar-refractivity contribution in [3.63, 3.8) is 0 Å².